The highest BCUT2D eigenvalue weighted by molar-refractivity contribution is 6.08. The molecule has 2 aromatic rings. The van der Waals surface area contributed by atoms with Gasteiger partial charge < -0.3 is 19.9 Å². The Morgan fingerprint density at radius 2 is 1.89 bits per heavy atom. The summed E-state index contributed by atoms with van der Waals surface area (Å²) in [6.07, 6.45) is -0.646. The molecule has 0 saturated carbocycles. The number of imide groups is 1. The van der Waals surface area contributed by atoms with E-state index < -0.39 is 17.7 Å². The van der Waals surface area contributed by atoms with Crippen LogP contribution in [0, 0.1) is 0 Å². The zero-order valence-corrected chi connectivity index (χ0v) is 14.6. The van der Waals surface area contributed by atoms with E-state index in [4.69, 9.17) is 9.47 Å². The number of urea groups is 1. The minimum atomic E-state index is -1.13. The van der Waals surface area contributed by atoms with Crippen molar-refractivity contribution in [2.75, 3.05) is 19.8 Å². The van der Waals surface area contributed by atoms with Crippen LogP contribution >= 0.6 is 0 Å². The van der Waals surface area contributed by atoms with Crippen molar-refractivity contribution in [1.29, 1.82) is 0 Å². The number of β-amino-alcohol motifs (C(OH)–C–C–N with tert-alkyl or cyclic N) is 1. The van der Waals surface area contributed by atoms with Crippen molar-refractivity contribution in [2.24, 2.45) is 0 Å². The van der Waals surface area contributed by atoms with Crippen molar-refractivity contribution < 1.29 is 24.2 Å². The minimum Gasteiger partial charge on any atom is -0.493 e. The Balaban J connectivity index is 1.48. The van der Waals surface area contributed by atoms with Crippen molar-refractivity contribution in [2.45, 2.75) is 18.1 Å². The molecule has 0 aliphatic carbocycles. The maximum Gasteiger partial charge on any atom is 0.325 e. The number of aliphatic hydroxyl groups excluding tert-OH is 1. The van der Waals surface area contributed by atoms with Gasteiger partial charge in [-0.15, -0.1) is 0 Å². The molecule has 7 heteroatoms. The number of ether oxygens (including phenoxy) is 2. The molecular formula is C20H20N2O5. The molecule has 2 aliphatic heterocycles. The van der Waals surface area contributed by atoms with Crippen molar-refractivity contribution in [3.63, 3.8) is 0 Å². The zero-order chi connectivity index (χ0) is 18.9. The summed E-state index contributed by atoms with van der Waals surface area (Å²) in [6.45, 7) is 0.173. The van der Waals surface area contributed by atoms with Crippen LogP contribution in [-0.4, -0.2) is 47.8 Å². The van der Waals surface area contributed by atoms with Crippen LogP contribution in [0.25, 0.3) is 0 Å². The molecule has 3 amide bonds. The van der Waals surface area contributed by atoms with Gasteiger partial charge in [0.15, 0.2) is 5.54 Å². The summed E-state index contributed by atoms with van der Waals surface area (Å²) >= 11 is 0. The van der Waals surface area contributed by atoms with Crippen molar-refractivity contribution >= 4 is 11.9 Å². The van der Waals surface area contributed by atoms with Gasteiger partial charge in [-0.3, -0.25) is 9.69 Å². The Morgan fingerprint density at radius 3 is 2.70 bits per heavy atom. The number of para-hydroxylation sites is 2. The van der Waals surface area contributed by atoms with Gasteiger partial charge in [0, 0.05) is 12.0 Å². The quantitative estimate of drug-likeness (QED) is 0.784. The molecule has 2 atom stereocenters. The number of nitrogens with zero attached hydrogens (tertiary/aromatic N) is 1. The number of hydrogen-bond donors (Lipinski definition) is 2. The van der Waals surface area contributed by atoms with Gasteiger partial charge in [-0.1, -0.05) is 36.4 Å². The van der Waals surface area contributed by atoms with Gasteiger partial charge in [-0.25, -0.2) is 4.79 Å². The third kappa shape index (κ3) is 3.10. The molecule has 7 nitrogen and oxygen atoms in total. The lowest BCUT2D eigenvalue weighted by atomic mass is 9.84. The second-order valence-electron chi connectivity index (χ2n) is 6.62. The van der Waals surface area contributed by atoms with Gasteiger partial charge in [0.05, 0.1) is 13.2 Å². The highest BCUT2D eigenvalue weighted by Crippen LogP contribution is 2.40. The van der Waals surface area contributed by atoms with Gasteiger partial charge >= 0.3 is 6.03 Å². The van der Waals surface area contributed by atoms with E-state index in [1.807, 2.05) is 24.3 Å². The summed E-state index contributed by atoms with van der Waals surface area (Å²) in [5.41, 5.74) is -0.488. The van der Waals surface area contributed by atoms with Crippen LogP contribution in [-0.2, 0) is 10.3 Å². The number of nitrogens with one attached hydrogen (secondary N) is 1. The van der Waals surface area contributed by atoms with Gasteiger partial charge in [0.2, 0.25) is 0 Å². The molecule has 0 unspecified atom stereocenters. The first-order chi connectivity index (χ1) is 13.1. The Morgan fingerprint density at radius 1 is 1.15 bits per heavy atom. The van der Waals surface area contributed by atoms with Gasteiger partial charge in [0.1, 0.15) is 24.2 Å². The molecule has 4 rings (SSSR count). The van der Waals surface area contributed by atoms with Crippen molar-refractivity contribution in [1.82, 2.24) is 10.2 Å². The lowest BCUT2D eigenvalue weighted by molar-refractivity contribution is -0.133. The topological polar surface area (TPSA) is 88.1 Å². The Bertz CT molecular complexity index is 856. The van der Waals surface area contributed by atoms with Crippen LogP contribution in [0.1, 0.15) is 12.0 Å². The number of amides is 3. The molecule has 0 aromatic heterocycles. The largest absolute Gasteiger partial charge is 0.493 e. The molecule has 1 spiro atoms. The smallest absolute Gasteiger partial charge is 0.325 e. The number of benzene rings is 2. The van der Waals surface area contributed by atoms with E-state index in [1.165, 1.54) is 0 Å². The van der Waals surface area contributed by atoms with E-state index in [0.29, 0.717) is 30.1 Å². The maximum absolute atomic E-state index is 13.1. The summed E-state index contributed by atoms with van der Waals surface area (Å²) in [4.78, 5) is 26.6. The molecule has 2 N–H and O–H groups in total. The Labute approximate surface area is 156 Å². The summed E-state index contributed by atoms with van der Waals surface area (Å²) in [5.74, 6) is 0.831. The summed E-state index contributed by atoms with van der Waals surface area (Å²) in [6, 6.07) is 15.7. The zero-order valence-electron chi connectivity index (χ0n) is 14.6. The summed E-state index contributed by atoms with van der Waals surface area (Å²) in [7, 11) is 0. The normalized spacial score (nSPS) is 22.2. The lowest BCUT2D eigenvalue weighted by Gasteiger charge is -2.33. The molecule has 0 radical (unpaired) electrons. The second kappa shape index (κ2) is 6.92. The van der Waals surface area contributed by atoms with Crippen molar-refractivity contribution in [3.05, 3.63) is 60.2 Å². The molecule has 2 heterocycles. The fourth-order valence-corrected chi connectivity index (χ4v) is 3.51. The van der Waals surface area contributed by atoms with Crippen LogP contribution in [0.3, 0.4) is 0 Å². The van der Waals surface area contributed by atoms with E-state index in [0.717, 1.165) is 4.90 Å². The molecule has 27 heavy (non-hydrogen) atoms. The Hall–Kier alpha value is -3.06. The molecule has 140 valence electrons. The SMILES string of the molecule is O=C1N[C@@]2(CCOc3ccccc32)C(=O)N1C[C@H](O)COc1ccccc1. The first kappa shape index (κ1) is 17.4. The van der Waals surface area contributed by atoms with Gasteiger partial charge in [0.25, 0.3) is 5.91 Å². The van der Waals surface area contributed by atoms with Gasteiger partial charge in [-0.2, -0.15) is 0 Å². The van der Waals surface area contributed by atoms with Crippen LogP contribution < -0.4 is 14.8 Å². The highest BCUT2D eigenvalue weighted by Gasteiger charge is 2.55. The molecule has 2 aliphatic rings. The van der Waals surface area contributed by atoms with E-state index in [9.17, 15) is 14.7 Å². The fraction of sp³-hybridized carbons (Fsp3) is 0.300. The number of fused-ring (bicyclic) bond motifs is 2. The van der Waals surface area contributed by atoms with Crippen LogP contribution in [0.15, 0.2) is 54.6 Å². The Kier molecular flexibility index (Phi) is 4.45. The van der Waals surface area contributed by atoms with E-state index >= 15 is 0 Å². The number of carbonyl (C=O) groups excluding carboxylic acids is 2. The van der Waals surface area contributed by atoms with Crippen LogP contribution in [0.2, 0.25) is 0 Å². The molecule has 1 fully saturated rings. The predicted octanol–water partition coefficient (Wildman–Crippen LogP) is 1.66. The first-order valence-electron chi connectivity index (χ1n) is 8.82. The molecule has 1 saturated heterocycles. The number of hydrogen-bond acceptors (Lipinski definition) is 5. The standard InChI is InChI=1S/C20H20N2O5/c23-14(13-27-15-6-2-1-3-7-15)12-22-18(24)20(21-19(22)25)10-11-26-17-9-5-4-8-16(17)20/h1-9,14,23H,10-13H2,(H,21,25)/t14-,20+/m0/s1. The molecular weight excluding hydrogens is 348 g/mol. The first-order valence-corrected chi connectivity index (χ1v) is 8.82. The monoisotopic (exact) mass is 368 g/mol. The molecule has 2 aromatic carbocycles. The minimum absolute atomic E-state index is 0.0201. The van der Waals surface area contributed by atoms with Crippen molar-refractivity contribution in [3.8, 4) is 11.5 Å². The average molecular weight is 368 g/mol. The number of rotatable bonds is 5. The third-order valence-electron chi connectivity index (χ3n) is 4.84. The number of carbonyl (C=O) groups is 2. The maximum atomic E-state index is 13.1. The van der Waals surface area contributed by atoms with Crippen LogP contribution in [0.5, 0.6) is 11.5 Å². The second-order valence-corrected chi connectivity index (χ2v) is 6.62. The predicted molar refractivity (Wildman–Crippen MR) is 96.4 cm³/mol. The van der Waals surface area contributed by atoms with Gasteiger partial charge in [-0.05, 0) is 18.2 Å². The van der Waals surface area contributed by atoms with E-state index in [1.54, 1.807) is 30.3 Å². The highest BCUT2D eigenvalue weighted by atomic mass is 16.5. The fourth-order valence-electron chi connectivity index (χ4n) is 3.51. The average Bonchev–Trinajstić information content (AvgIpc) is 2.92. The van der Waals surface area contributed by atoms with Crippen LogP contribution in [0.4, 0.5) is 4.79 Å². The summed E-state index contributed by atoms with van der Waals surface area (Å²) in [5, 5.41) is 13.1. The summed E-state index contributed by atoms with van der Waals surface area (Å²) < 4.78 is 11.1. The number of aliphatic hydroxyl groups is 1. The lowest BCUT2D eigenvalue weighted by Crippen LogP contribution is -2.48. The molecule has 0 bridgehead atoms. The van der Waals surface area contributed by atoms with E-state index in [2.05, 4.69) is 5.32 Å². The van der Waals surface area contributed by atoms with E-state index in [-0.39, 0.29) is 19.1 Å². The third-order valence-corrected chi connectivity index (χ3v) is 4.84.